The van der Waals surface area contributed by atoms with Gasteiger partial charge in [-0.2, -0.15) is 0 Å². The van der Waals surface area contributed by atoms with E-state index in [0.29, 0.717) is 12.8 Å². The lowest BCUT2D eigenvalue weighted by molar-refractivity contribution is 0.0524. The first-order chi connectivity index (χ1) is 12.2. The van der Waals surface area contributed by atoms with Gasteiger partial charge in [0.15, 0.2) is 17.2 Å². The Morgan fingerprint density at radius 2 is 2.00 bits per heavy atom. The van der Waals surface area contributed by atoms with E-state index in [1.54, 1.807) is 6.92 Å². The molecule has 0 bridgehead atoms. The summed E-state index contributed by atoms with van der Waals surface area (Å²) in [4.78, 5) is 12.0. The largest absolute Gasteiger partial charge is 0.748 e. The minimum Gasteiger partial charge on any atom is -0.748 e. The topological polar surface area (TPSA) is 92.7 Å². The number of ether oxygens (including phenoxy) is 2. The number of esters is 1. The Balaban J connectivity index is 2.15. The van der Waals surface area contributed by atoms with Crippen LogP contribution < -0.4 is 4.74 Å². The van der Waals surface area contributed by atoms with Gasteiger partial charge in [0, 0.05) is 0 Å². The van der Waals surface area contributed by atoms with E-state index >= 15 is 0 Å². The Kier molecular flexibility index (Phi) is 6.62. The van der Waals surface area contributed by atoms with E-state index in [2.05, 4.69) is 11.8 Å². The Hall–Kier alpha value is -2.11. The molecule has 0 N–H and O–H groups in total. The molecule has 0 heterocycles. The molecule has 0 spiro atoms. The van der Waals surface area contributed by atoms with Gasteiger partial charge in [-0.25, -0.2) is 17.6 Å². The SMILES string of the molecule is CC#CC1(Oc2cc(C(=O)OCCS(=O)(=O)[O-])ccc2F)CCCCC1. The zero-order chi connectivity index (χ0) is 19.2. The Morgan fingerprint density at radius 3 is 2.62 bits per heavy atom. The molecule has 1 aromatic rings. The second kappa shape index (κ2) is 8.52. The molecule has 0 saturated heterocycles. The summed E-state index contributed by atoms with van der Waals surface area (Å²) in [7, 11) is -4.48. The van der Waals surface area contributed by atoms with Gasteiger partial charge in [0.1, 0.15) is 6.61 Å². The Morgan fingerprint density at radius 1 is 1.31 bits per heavy atom. The summed E-state index contributed by atoms with van der Waals surface area (Å²) in [5.74, 6) is 3.41. The highest BCUT2D eigenvalue weighted by atomic mass is 32.2. The maximum atomic E-state index is 14.2. The van der Waals surface area contributed by atoms with E-state index in [0.717, 1.165) is 25.3 Å². The number of rotatable bonds is 6. The van der Waals surface area contributed by atoms with Gasteiger partial charge in [-0.15, -0.1) is 5.92 Å². The lowest BCUT2D eigenvalue weighted by atomic mass is 9.85. The molecular formula is C18H20FO6S-. The van der Waals surface area contributed by atoms with Crippen LogP contribution >= 0.6 is 0 Å². The fraction of sp³-hybridized carbons (Fsp3) is 0.500. The van der Waals surface area contributed by atoms with Crippen molar-refractivity contribution in [2.45, 2.75) is 44.6 Å². The quantitative estimate of drug-likeness (QED) is 0.426. The molecule has 2 rings (SSSR count). The molecule has 26 heavy (non-hydrogen) atoms. The summed E-state index contributed by atoms with van der Waals surface area (Å²) in [5, 5.41) is 0. The van der Waals surface area contributed by atoms with Gasteiger partial charge in [-0.3, -0.25) is 0 Å². The zero-order valence-electron chi connectivity index (χ0n) is 14.4. The molecule has 142 valence electrons. The van der Waals surface area contributed by atoms with Crippen LogP contribution in [0.25, 0.3) is 0 Å². The first-order valence-corrected chi connectivity index (χ1v) is 9.86. The van der Waals surface area contributed by atoms with Crippen LogP contribution in [0.3, 0.4) is 0 Å². The summed E-state index contributed by atoms with van der Waals surface area (Å²) in [5.41, 5.74) is -0.785. The second-order valence-electron chi connectivity index (χ2n) is 6.07. The van der Waals surface area contributed by atoms with Crippen molar-refractivity contribution in [2.24, 2.45) is 0 Å². The monoisotopic (exact) mass is 383 g/mol. The minimum absolute atomic E-state index is 0.000106. The fourth-order valence-corrected chi connectivity index (χ4v) is 3.13. The van der Waals surface area contributed by atoms with Crippen molar-refractivity contribution in [1.82, 2.24) is 0 Å². The average molecular weight is 383 g/mol. The van der Waals surface area contributed by atoms with Gasteiger partial charge in [0.2, 0.25) is 0 Å². The molecule has 1 saturated carbocycles. The van der Waals surface area contributed by atoms with Crippen molar-refractivity contribution >= 4 is 16.1 Å². The number of hydrogen-bond donors (Lipinski definition) is 0. The van der Waals surface area contributed by atoms with Crippen LogP contribution in [-0.4, -0.2) is 36.9 Å². The van der Waals surface area contributed by atoms with E-state index in [1.165, 1.54) is 12.1 Å². The molecule has 0 atom stereocenters. The number of carbonyl (C=O) groups excluding carboxylic acids is 1. The maximum Gasteiger partial charge on any atom is 0.338 e. The van der Waals surface area contributed by atoms with Crippen molar-refractivity contribution in [2.75, 3.05) is 12.4 Å². The standard InChI is InChI=1S/C18H21FO6S/c1-2-8-18(9-4-3-5-10-18)25-16-13-14(6-7-15(16)19)17(20)24-11-12-26(21,22)23/h6-7,13H,3-5,9-12H2,1H3,(H,21,22,23)/p-1. The van der Waals surface area contributed by atoms with Crippen LogP contribution in [0.1, 0.15) is 49.4 Å². The van der Waals surface area contributed by atoms with Crippen LogP contribution in [0, 0.1) is 17.7 Å². The van der Waals surface area contributed by atoms with Crippen LogP contribution in [0.15, 0.2) is 18.2 Å². The summed E-state index contributed by atoms with van der Waals surface area (Å²) in [6, 6.07) is 3.48. The number of carbonyl (C=O) groups is 1. The van der Waals surface area contributed by atoms with Crippen LogP contribution in [-0.2, 0) is 14.9 Å². The van der Waals surface area contributed by atoms with E-state index in [4.69, 9.17) is 9.47 Å². The van der Waals surface area contributed by atoms with Crippen LogP contribution in [0.5, 0.6) is 5.75 Å². The zero-order valence-corrected chi connectivity index (χ0v) is 15.2. The summed E-state index contributed by atoms with van der Waals surface area (Å²) in [6.07, 6.45) is 4.24. The summed E-state index contributed by atoms with van der Waals surface area (Å²) in [6.45, 7) is 1.12. The lowest BCUT2D eigenvalue weighted by Crippen LogP contribution is -2.37. The summed E-state index contributed by atoms with van der Waals surface area (Å²) < 4.78 is 56.4. The number of halogens is 1. The number of benzene rings is 1. The molecule has 8 heteroatoms. The van der Waals surface area contributed by atoms with Gasteiger partial charge in [-0.05, 0) is 50.8 Å². The highest BCUT2D eigenvalue weighted by Crippen LogP contribution is 2.34. The van der Waals surface area contributed by atoms with E-state index < -0.39 is 39.9 Å². The molecule has 1 fully saturated rings. The third-order valence-corrected chi connectivity index (χ3v) is 4.72. The lowest BCUT2D eigenvalue weighted by Gasteiger charge is -2.33. The Bertz CT molecular complexity index is 816. The molecule has 1 aliphatic rings. The van der Waals surface area contributed by atoms with Crippen molar-refractivity contribution < 1.29 is 31.6 Å². The van der Waals surface area contributed by atoms with Crippen molar-refractivity contribution in [1.29, 1.82) is 0 Å². The Labute approximate surface area is 152 Å². The molecule has 0 aliphatic heterocycles. The average Bonchev–Trinajstić information content (AvgIpc) is 2.56. The van der Waals surface area contributed by atoms with Crippen LogP contribution in [0.2, 0.25) is 0 Å². The second-order valence-corrected chi connectivity index (χ2v) is 7.60. The molecule has 0 radical (unpaired) electrons. The molecule has 0 unspecified atom stereocenters. The number of hydrogen-bond acceptors (Lipinski definition) is 6. The highest BCUT2D eigenvalue weighted by Gasteiger charge is 2.33. The molecule has 6 nitrogen and oxygen atoms in total. The maximum absolute atomic E-state index is 14.2. The van der Waals surface area contributed by atoms with Crippen molar-refractivity contribution in [3.8, 4) is 17.6 Å². The van der Waals surface area contributed by atoms with Gasteiger partial charge >= 0.3 is 5.97 Å². The van der Waals surface area contributed by atoms with E-state index in [1.807, 2.05) is 0 Å². The van der Waals surface area contributed by atoms with Crippen LogP contribution in [0.4, 0.5) is 4.39 Å². The minimum atomic E-state index is -4.48. The molecular weight excluding hydrogens is 363 g/mol. The van der Waals surface area contributed by atoms with Gasteiger partial charge in [-0.1, -0.05) is 12.3 Å². The van der Waals surface area contributed by atoms with E-state index in [9.17, 15) is 22.2 Å². The first kappa shape index (κ1) is 20.2. The normalized spacial score (nSPS) is 16.3. The van der Waals surface area contributed by atoms with Gasteiger partial charge in [0.05, 0.1) is 21.4 Å². The third-order valence-electron chi connectivity index (χ3n) is 4.05. The predicted molar refractivity (Wildman–Crippen MR) is 91.1 cm³/mol. The summed E-state index contributed by atoms with van der Waals surface area (Å²) >= 11 is 0. The van der Waals surface area contributed by atoms with Gasteiger partial charge < -0.3 is 14.0 Å². The van der Waals surface area contributed by atoms with E-state index in [-0.39, 0.29) is 11.3 Å². The van der Waals surface area contributed by atoms with Gasteiger partial charge in [0.25, 0.3) is 0 Å². The van der Waals surface area contributed by atoms with Crippen molar-refractivity contribution in [3.63, 3.8) is 0 Å². The first-order valence-electron chi connectivity index (χ1n) is 8.28. The third kappa shape index (κ3) is 5.71. The highest BCUT2D eigenvalue weighted by molar-refractivity contribution is 7.85. The fourth-order valence-electron chi connectivity index (χ4n) is 2.84. The smallest absolute Gasteiger partial charge is 0.338 e. The molecule has 1 aromatic carbocycles. The molecule has 0 amide bonds. The van der Waals surface area contributed by atoms with Crippen molar-refractivity contribution in [3.05, 3.63) is 29.6 Å². The molecule has 0 aromatic heterocycles. The molecule has 1 aliphatic carbocycles. The predicted octanol–water partition coefficient (Wildman–Crippen LogP) is 2.63.